The van der Waals surface area contributed by atoms with Crippen molar-refractivity contribution in [2.75, 3.05) is 19.5 Å². The molecule has 0 aliphatic carbocycles. The number of anilines is 1. The molecular formula is C12H12FN3O. The first kappa shape index (κ1) is 11.3. The summed E-state index contributed by atoms with van der Waals surface area (Å²) in [5.41, 5.74) is 0.953. The first-order chi connectivity index (χ1) is 8.24. The van der Waals surface area contributed by atoms with E-state index < -0.39 is 0 Å². The number of ether oxygens (including phenoxy) is 1. The van der Waals surface area contributed by atoms with Crippen LogP contribution in [0.4, 0.5) is 10.2 Å². The molecule has 2 rings (SSSR count). The minimum atomic E-state index is -0.370. The van der Waals surface area contributed by atoms with E-state index in [0.717, 1.165) is 0 Å². The van der Waals surface area contributed by atoms with Crippen molar-refractivity contribution in [3.63, 3.8) is 0 Å². The molecule has 0 radical (unpaired) electrons. The number of nitrogens with one attached hydrogen (secondary N) is 1. The summed E-state index contributed by atoms with van der Waals surface area (Å²) in [4.78, 5) is 8.02. The van der Waals surface area contributed by atoms with Gasteiger partial charge in [0.15, 0.2) is 0 Å². The molecule has 1 N–H and O–H groups in total. The van der Waals surface area contributed by atoms with Gasteiger partial charge in [-0.2, -0.15) is 0 Å². The average molecular weight is 233 g/mol. The van der Waals surface area contributed by atoms with Crippen molar-refractivity contribution in [3.8, 4) is 17.0 Å². The third kappa shape index (κ3) is 2.33. The van der Waals surface area contributed by atoms with E-state index in [1.165, 1.54) is 19.5 Å². The Morgan fingerprint density at radius 2 is 2.06 bits per heavy atom. The van der Waals surface area contributed by atoms with E-state index in [2.05, 4.69) is 15.3 Å². The normalized spacial score (nSPS) is 10.1. The molecule has 0 aliphatic heterocycles. The zero-order valence-corrected chi connectivity index (χ0v) is 9.57. The summed E-state index contributed by atoms with van der Waals surface area (Å²) in [6, 6.07) is 6.34. The number of rotatable bonds is 3. The van der Waals surface area contributed by atoms with Gasteiger partial charge in [0.05, 0.1) is 12.8 Å². The van der Waals surface area contributed by atoms with Gasteiger partial charge in [-0.3, -0.25) is 0 Å². The third-order valence-electron chi connectivity index (χ3n) is 2.38. The number of nitrogens with zero attached hydrogens (tertiary/aromatic N) is 2. The highest BCUT2D eigenvalue weighted by Gasteiger charge is 2.08. The summed E-state index contributed by atoms with van der Waals surface area (Å²) in [6.45, 7) is 0. The summed E-state index contributed by atoms with van der Waals surface area (Å²) >= 11 is 0. The average Bonchev–Trinajstić information content (AvgIpc) is 2.38. The van der Waals surface area contributed by atoms with Crippen molar-refractivity contribution in [1.29, 1.82) is 0 Å². The van der Waals surface area contributed by atoms with Crippen molar-refractivity contribution < 1.29 is 9.13 Å². The van der Waals surface area contributed by atoms with E-state index in [1.807, 2.05) is 0 Å². The lowest BCUT2D eigenvalue weighted by Gasteiger charge is -2.06. The van der Waals surface area contributed by atoms with Gasteiger partial charge < -0.3 is 10.1 Å². The number of halogens is 1. The fourth-order valence-electron chi connectivity index (χ4n) is 1.47. The highest BCUT2D eigenvalue weighted by atomic mass is 19.1. The summed E-state index contributed by atoms with van der Waals surface area (Å²) in [6.07, 6.45) is 1.39. The molecule has 5 heteroatoms. The van der Waals surface area contributed by atoms with Gasteiger partial charge in [0.25, 0.3) is 0 Å². The maximum absolute atomic E-state index is 13.8. The number of hydrogen-bond donors (Lipinski definition) is 1. The fraction of sp³-hybridized carbons (Fsp3) is 0.167. The lowest BCUT2D eigenvalue weighted by Crippen LogP contribution is -1.95. The van der Waals surface area contributed by atoms with E-state index in [4.69, 9.17) is 4.74 Å². The topological polar surface area (TPSA) is 47.0 Å². The number of benzene rings is 1. The van der Waals surface area contributed by atoms with Crippen LogP contribution in [0.1, 0.15) is 0 Å². The van der Waals surface area contributed by atoms with Crippen LogP contribution in [0.25, 0.3) is 11.3 Å². The van der Waals surface area contributed by atoms with Crippen molar-refractivity contribution in [2.24, 2.45) is 0 Å². The van der Waals surface area contributed by atoms with Gasteiger partial charge in [-0.25, -0.2) is 14.4 Å². The Balaban J connectivity index is 2.45. The molecule has 0 unspecified atom stereocenters. The minimum absolute atomic E-state index is 0.370. The molecule has 0 amide bonds. The third-order valence-corrected chi connectivity index (χ3v) is 2.38. The Morgan fingerprint density at radius 3 is 2.71 bits per heavy atom. The smallest absolute Gasteiger partial charge is 0.136 e. The summed E-state index contributed by atoms with van der Waals surface area (Å²) in [7, 11) is 3.24. The molecule has 0 bridgehead atoms. The van der Waals surface area contributed by atoms with Crippen LogP contribution in [0.2, 0.25) is 0 Å². The second-order valence-electron chi connectivity index (χ2n) is 3.38. The van der Waals surface area contributed by atoms with E-state index in [-0.39, 0.29) is 5.82 Å². The minimum Gasteiger partial charge on any atom is -0.497 e. The van der Waals surface area contributed by atoms with Crippen LogP contribution in [-0.2, 0) is 0 Å². The van der Waals surface area contributed by atoms with E-state index in [9.17, 15) is 4.39 Å². The number of aromatic nitrogens is 2. The zero-order chi connectivity index (χ0) is 12.3. The van der Waals surface area contributed by atoms with Gasteiger partial charge in [0.2, 0.25) is 0 Å². The van der Waals surface area contributed by atoms with Crippen LogP contribution in [0.5, 0.6) is 5.75 Å². The molecule has 4 nitrogen and oxygen atoms in total. The van der Waals surface area contributed by atoms with Crippen LogP contribution in [0, 0.1) is 5.82 Å². The molecule has 1 aromatic carbocycles. The molecule has 0 saturated heterocycles. The molecule has 0 fully saturated rings. The second-order valence-corrected chi connectivity index (χ2v) is 3.38. The lowest BCUT2D eigenvalue weighted by molar-refractivity contribution is 0.411. The molecule has 1 aromatic heterocycles. The molecule has 0 saturated carbocycles. The Bertz CT molecular complexity index is 531. The van der Waals surface area contributed by atoms with Gasteiger partial charge in [-0.05, 0) is 12.1 Å². The summed E-state index contributed by atoms with van der Waals surface area (Å²) in [5, 5.41) is 2.88. The number of hydrogen-bond acceptors (Lipinski definition) is 4. The van der Waals surface area contributed by atoms with E-state index in [1.54, 1.807) is 25.2 Å². The first-order valence-electron chi connectivity index (χ1n) is 5.08. The Kier molecular flexibility index (Phi) is 3.18. The predicted octanol–water partition coefficient (Wildman–Crippen LogP) is 2.33. The van der Waals surface area contributed by atoms with Crippen molar-refractivity contribution in [3.05, 3.63) is 36.4 Å². The highest BCUT2D eigenvalue weighted by molar-refractivity contribution is 5.63. The maximum atomic E-state index is 13.8. The molecule has 0 aliphatic rings. The van der Waals surface area contributed by atoms with Crippen LogP contribution in [-0.4, -0.2) is 24.1 Å². The summed E-state index contributed by atoms with van der Waals surface area (Å²) in [5.74, 6) is 0.754. The largest absolute Gasteiger partial charge is 0.497 e. The van der Waals surface area contributed by atoms with Gasteiger partial charge in [-0.1, -0.05) is 0 Å². The van der Waals surface area contributed by atoms with E-state index >= 15 is 0 Å². The van der Waals surface area contributed by atoms with Gasteiger partial charge in [0.1, 0.15) is 23.7 Å². The van der Waals surface area contributed by atoms with Gasteiger partial charge in [0, 0.05) is 24.7 Å². The molecular weight excluding hydrogens is 221 g/mol. The number of methoxy groups -OCH3 is 1. The van der Waals surface area contributed by atoms with Crippen molar-refractivity contribution in [2.45, 2.75) is 0 Å². The Morgan fingerprint density at radius 1 is 1.24 bits per heavy atom. The van der Waals surface area contributed by atoms with Gasteiger partial charge in [-0.15, -0.1) is 0 Å². The zero-order valence-electron chi connectivity index (χ0n) is 9.57. The van der Waals surface area contributed by atoms with Crippen LogP contribution in [0.3, 0.4) is 0 Å². The highest BCUT2D eigenvalue weighted by Crippen LogP contribution is 2.25. The summed E-state index contributed by atoms with van der Waals surface area (Å²) < 4.78 is 18.7. The maximum Gasteiger partial charge on any atom is 0.136 e. The molecule has 0 atom stereocenters. The van der Waals surface area contributed by atoms with Gasteiger partial charge >= 0.3 is 0 Å². The van der Waals surface area contributed by atoms with Crippen LogP contribution < -0.4 is 10.1 Å². The SMILES string of the molecule is CNc1cc(-c2ccc(OC)cc2F)ncn1. The monoisotopic (exact) mass is 233 g/mol. The van der Waals surface area contributed by atoms with E-state index in [0.29, 0.717) is 22.8 Å². The van der Waals surface area contributed by atoms with Crippen molar-refractivity contribution in [1.82, 2.24) is 9.97 Å². The molecule has 1 heterocycles. The second kappa shape index (κ2) is 4.78. The molecule has 17 heavy (non-hydrogen) atoms. The predicted molar refractivity (Wildman–Crippen MR) is 63.5 cm³/mol. The molecule has 2 aromatic rings. The lowest BCUT2D eigenvalue weighted by atomic mass is 10.1. The van der Waals surface area contributed by atoms with Crippen molar-refractivity contribution >= 4 is 5.82 Å². The molecule has 0 spiro atoms. The van der Waals surface area contributed by atoms with Crippen LogP contribution >= 0.6 is 0 Å². The Hall–Kier alpha value is -2.17. The standard InChI is InChI=1S/C12H12FN3O/c1-14-12-6-11(15-7-16-12)9-4-3-8(17-2)5-10(9)13/h3-7H,1-2H3,(H,14,15,16). The fourth-order valence-corrected chi connectivity index (χ4v) is 1.47. The molecule has 88 valence electrons. The quantitative estimate of drug-likeness (QED) is 0.883. The first-order valence-corrected chi connectivity index (χ1v) is 5.08. The Labute approximate surface area is 98.5 Å². The van der Waals surface area contributed by atoms with Crippen LogP contribution in [0.15, 0.2) is 30.6 Å².